The highest BCUT2D eigenvalue weighted by atomic mass is 19.1. The summed E-state index contributed by atoms with van der Waals surface area (Å²) in [5.74, 6) is 1.38. The molecule has 0 bridgehead atoms. The fourth-order valence-corrected chi connectivity index (χ4v) is 2.33. The van der Waals surface area contributed by atoms with Crippen molar-refractivity contribution in [3.05, 3.63) is 23.5 Å². The normalized spacial score (nSPS) is 19.4. The van der Waals surface area contributed by atoms with Crippen LogP contribution in [0.15, 0.2) is 12.1 Å². The Bertz CT molecular complexity index is 389. The van der Waals surface area contributed by atoms with E-state index in [1.165, 1.54) is 6.07 Å². The highest BCUT2D eigenvalue weighted by Gasteiger charge is 2.21. The highest BCUT2D eigenvalue weighted by Crippen LogP contribution is 2.34. The van der Waals surface area contributed by atoms with Crippen LogP contribution in [0.4, 0.5) is 4.39 Å². The minimum atomic E-state index is -0.213. The highest BCUT2D eigenvalue weighted by molar-refractivity contribution is 5.47. The first-order chi connectivity index (χ1) is 8.26. The summed E-state index contributed by atoms with van der Waals surface area (Å²) in [6.45, 7) is 1.96. The predicted octanol–water partition coefficient (Wildman–Crippen LogP) is 1.99. The van der Waals surface area contributed by atoms with Crippen molar-refractivity contribution >= 4 is 0 Å². The molecule has 2 rings (SSSR count). The van der Waals surface area contributed by atoms with Gasteiger partial charge in [0, 0.05) is 5.56 Å². The minimum absolute atomic E-state index is 0.213. The smallest absolute Gasteiger partial charge is 0.166 e. The van der Waals surface area contributed by atoms with Crippen LogP contribution in [0.3, 0.4) is 0 Å². The van der Waals surface area contributed by atoms with E-state index in [2.05, 4.69) is 5.32 Å². The minimum Gasteiger partial charge on any atom is -0.493 e. The number of methoxy groups -OCH3 is 2. The molecule has 1 saturated heterocycles. The Hall–Kier alpha value is -1.29. The van der Waals surface area contributed by atoms with Gasteiger partial charge in [-0.25, -0.2) is 4.39 Å². The van der Waals surface area contributed by atoms with Gasteiger partial charge in [0.05, 0.1) is 14.2 Å². The average Bonchev–Trinajstić information content (AvgIpc) is 2.84. The van der Waals surface area contributed by atoms with Crippen molar-refractivity contribution in [2.75, 3.05) is 27.3 Å². The fraction of sp³-hybridized carbons (Fsp3) is 0.538. The second-order valence-electron chi connectivity index (χ2n) is 4.32. The van der Waals surface area contributed by atoms with Crippen molar-refractivity contribution in [1.82, 2.24) is 5.32 Å². The molecular weight excluding hydrogens is 221 g/mol. The molecule has 0 aliphatic carbocycles. The molecule has 1 aliphatic rings. The number of halogens is 1. The Kier molecular flexibility index (Phi) is 3.84. The van der Waals surface area contributed by atoms with E-state index in [4.69, 9.17) is 9.47 Å². The standard InChI is InChI=1S/C13H18FNO2/c1-16-12-4-3-11(14)10(13(12)17-2)7-9-5-6-15-8-9/h3-4,9,15H,5-8H2,1-2H3. The molecule has 1 aliphatic heterocycles. The molecule has 17 heavy (non-hydrogen) atoms. The number of rotatable bonds is 4. The number of hydrogen-bond acceptors (Lipinski definition) is 3. The molecular formula is C13H18FNO2. The quantitative estimate of drug-likeness (QED) is 0.871. The van der Waals surface area contributed by atoms with Crippen LogP contribution in [0.25, 0.3) is 0 Å². The maximum Gasteiger partial charge on any atom is 0.166 e. The zero-order chi connectivity index (χ0) is 12.3. The van der Waals surface area contributed by atoms with Crippen molar-refractivity contribution in [3.63, 3.8) is 0 Å². The number of hydrogen-bond donors (Lipinski definition) is 1. The summed E-state index contributed by atoms with van der Waals surface area (Å²) in [5.41, 5.74) is 0.626. The Balaban J connectivity index is 2.29. The summed E-state index contributed by atoms with van der Waals surface area (Å²) in [6, 6.07) is 3.05. The molecule has 0 saturated carbocycles. The summed E-state index contributed by atoms with van der Waals surface area (Å²) in [5, 5.41) is 3.28. The van der Waals surface area contributed by atoms with Crippen LogP contribution in [-0.2, 0) is 6.42 Å². The lowest BCUT2D eigenvalue weighted by atomic mass is 9.97. The van der Waals surface area contributed by atoms with E-state index in [9.17, 15) is 4.39 Å². The van der Waals surface area contributed by atoms with Crippen LogP contribution in [-0.4, -0.2) is 27.3 Å². The molecule has 94 valence electrons. The SMILES string of the molecule is COc1ccc(F)c(CC2CCNC2)c1OC. The molecule has 1 aromatic carbocycles. The van der Waals surface area contributed by atoms with E-state index in [1.54, 1.807) is 20.3 Å². The molecule has 1 unspecified atom stereocenters. The van der Waals surface area contributed by atoms with E-state index < -0.39 is 0 Å². The zero-order valence-electron chi connectivity index (χ0n) is 10.3. The van der Waals surface area contributed by atoms with E-state index in [0.717, 1.165) is 19.5 Å². The Morgan fingerprint density at radius 2 is 2.18 bits per heavy atom. The third-order valence-electron chi connectivity index (χ3n) is 3.25. The maximum absolute atomic E-state index is 13.9. The number of nitrogens with one attached hydrogen (secondary N) is 1. The molecule has 0 spiro atoms. The van der Waals surface area contributed by atoms with Crippen LogP contribution in [0.1, 0.15) is 12.0 Å². The fourth-order valence-electron chi connectivity index (χ4n) is 2.33. The third kappa shape index (κ3) is 2.52. The van der Waals surface area contributed by atoms with Crippen LogP contribution in [0, 0.1) is 11.7 Å². The lowest BCUT2D eigenvalue weighted by molar-refractivity contribution is 0.345. The van der Waals surface area contributed by atoms with Crippen molar-refractivity contribution in [3.8, 4) is 11.5 Å². The molecule has 1 heterocycles. The van der Waals surface area contributed by atoms with Crippen molar-refractivity contribution < 1.29 is 13.9 Å². The van der Waals surface area contributed by atoms with Crippen molar-refractivity contribution in [2.45, 2.75) is 12.8 Å². The number of ether oxygens (including phenoxy) is 2. The Morgan fingerprint density at radius 1 is 1.35 bits per heavy atom. The lowest BCUT2D eigenvalue weighted by Crippen LogP contribution is -2.12. The van der Waals surface area contributed by atoms with E-state index >= 15 is 0 Å². The Labute approximate surface area is 101 Å². The van der Waals surface area contributed by atoms with Gasteiger partial charge in [-0.2, -0.15) is 0 Å². The third-order valence-corrected chi connectivity index (χ3v) is 3.25. The van der Waals surface area contributed by atoms with Gasteiger partial charge in [0.25, 0.3) is 0 Å². The van der Waals surface area contributed by atoms with Gasteiger partial charge in [-0.05, 0) is 44.0 Å². The first kappa shape index (κ1) is 12.2. The van der Waals surface area contributed by atoms with Gasteiger partial charge >= 0.3 is 0 Å². The summed E-state index contributed by atoms with van der Waals surface area (Å²) in [4.78, 5) is 0. The second-order valence-corrected chi connectivity index (χ2v) is 4.32. The monoisotopic (exact) mass is 239 g/mol. The molecule has 1 aromatic rings. The first-order valence-corrected chi connectivity index (χ1v) is 5.86. The first-order valence-electron chi connectivity index (χ1n) is 5.86. The second kappa shape index (κ2) is 5.36. The van der Waals surface area contributed by atoms with Crippen LogP contribution >= 0.6 is 0 Å². The van der Waals surface area contributed by atoms with E-state index in [0.29, 0.717) is 29.4 Å². The van der Waals surface area contributed by atoms with Gasteiger partial charge in [-0.3, -0.25) is 0 Å². The molecule has 0 amide bonds. The summed E-state index contributed by atoms with van der Waals surface area (Å²) in [6.07, 6.45) is 1.78. The number of benzene rings is 1. The summed E-state index contributed by atoms with van der Waals surface area (Å²) < 4.78 is 24.3. The molecule has 0 aromatic heterocycles. The molecule has 1 atom stereocenters. The van der Waals surface area contributed by atoms with Crippen molar-refractivity contribution in [2.24, 2.45) is 5.92 Å². The van der Waals surface area contributed by atoms with Gasteiger partial charge < -0.3 is 14.8 Å². The Morgan fingerprint density at radius 3 is 2.76 bits per heavy atom. The van der Waals surface area contributed by atoms with Crippen molar-refractivity contribution in [1.29, 1.82) is 0 Å². The summed E-state index contributed by atoms with van der Waals surface area (Å²) in [7, 11) is 3.12. The molecule has 3 nitrogen and oxygen atoms in total. The average molecular weight is 239 g/mol. The largest absolute Gasteiger partial charge is 0.493 e. The van der Waals surface area contributed by atoms with Gasteiger partial charge in [0.15, 0.2) is 11.5 Å². The van der Waals surface area contributed by atoms with Gasteiger partial charge in [0.2, 0.25) is 0 Å². The van der Waals surface area contributed by atoms with Gasteiger partial charge in [0.1, 0.15) is 5.82 Å². The van der Waals surface area contributed by atoms with Crippen LogP contribution < -0.4 is 14.8 Å². The predicted molar refractivity (Wildman–Crippen MR) is 64.2 cm³/mol. The molecule has 1 N–H and O–H groups in total. The topological polar surface area (TPSA) is 30.5 Å². The molecule has 0 radical (unpaired) electrons. The van der Waals surface area contributed by atoms with E-state index in [1.807, 2.05) is 0 Å². The lowest BCUT2D eigenvalue weighted by Gasteiger charge is -2.15. The maximum atomic E-state index is 13.9. The summed E-state index contributed by atoms with van der Waals surface area (Å²) >= 11 is 0. The van der Waals surface area contributed by atoms with Gasteiger partial charge in [-0.1, -0.05) is 0 Å². The molecule has 4 heteroatoms. The van der Waals surface area contributed by atoms with Crippen LogP contribution in [0.5, 0.6) is 11.5 Å². The van der Waals surface area contributed by atoms with Crippen LogP contribution in [0.2, 0.25) is 0 Å². The molecule has 1 fully saturated rings. The zero-order valence-corrected chi connectivity index (χ0v) is 10.3. The van der Waals surface area contributed by atoms with Gasteiger partial charge in [-0.15, -0.1) is 0 Å². The van der Waals surface area contributed by atoms with E-state index in [-0.39, 0.29) is 5.82 Å².